The van der Waals surface area contributed by atoms with Gasteiger partial charge in [-0.15, -0.1) is 0 Å². The molecule has 1 atom stereocenters. The van der Waals surface area contributed by atoms with E-state index in [2.05, 4.69) is 15.0 Å². The van der Waals surface area contributed by atoms with E-state index in [1.165, 1.54) is 4.90 Å². The van der Waals surface area contributed by atoms with Gasteiger partial charge >= 0.3 is 0 Å². The summed E-state index contributed by atoms with van der Waals surface area (Å²) in [5.41, 5.74) is 0.229. The number of hydrogen-bond acceptors (Lipinski definition) is 7. The fraction of sp³-hybridized carbons (Fsp3) is 0.533. The van der Waals surface area contributed by atoms with E-state index >= 15 is 0 Å². The molecule has 0 spiro atoms. The minimum atomic E-state index is -2.25. The van der Waals surface area contributed by atoms with Gasteiger partial charge in [-0.25, -0.2) is 14.4 Å². The molecule has 2 N–H and O–H groups in total. The highest BCUT2D eigenvalue weighted by molar-refractivity contribution is 6.31. The Morgan fingerprint density at radius 2 is 2.04 bits per heavy atom. The molecule has 0 amide bonds. The van der Waals surface area contributed by atoms with E-state index in [-0.39, 0.29) is 46.8 Å². The van der Waals surface area contributed by atoms with Gasteiger partial charge in [-0.3, -0.25) is 4.90 Å². The highest BCUT2D eigenvalue weighted by Gasteiger charge is 2.41. The van der Waals surface area contributed by atoms with Crippen molar-refractivity contribution in [2.45, 2.75) is 38.6 Å². The maximum atomic E-state index is 14.4. The van der Waals surface area contributed by atoms with Crippen molar-refractivity contribution < 1.29 is 19.3 Å². The zero-order valence-corrected chi connectivity index (χ0v) is 15.1. The van der Waals surface area contributed by atoms with Gasteiger partial charge in [-0.05, 0) is 24.9 Å². The molecule has 0 saturated carbocycles. The standard InChI is InChI=1S/C15H17Cl2FN4O3/c1-3-8-6-25-5-4-15(23,24)22(8)13-9-7(2)19-12(16)10(18)11(9)20-14(17)21-13/h8,23-24H,3-6H2,1-2H3. The number of fused-ring (bicyclic) bond motifs is 1. The van der Waals surface area contributed by atoms with Crippen molar-refractivity contribution in [3.8, 4) is 0 Å². The Kier molecular flexibility index (Phi) is 5.00. The summed E-state index contributed by atoms with van der Waals surface area (Å²) in [5.74, 6) is -3.00. The van der Waals surface area contributed by atoms with Crippen LogP contribution < -0.4 is 4.90 Å². The van der Waals surface area contributed by atoms with Gasteiger partial charge in [0, 0.05) is 6.42 Å². The molecule has 25 heavy (non-hydrogen) atoms. The van der Waals surface area contributed by atoms with Crippen molar-refractivity contribution in [1.82, 2.24) is 15.0 Å². The molecule has 0 aromatic carbocycles. The monoisotopic (exact) mass is 390 g/mol. The highest BCUT2D eigenvalue weighted by atomic mass is 35.5. The third kappa shape index (κ3) is 3.24. The van der Waals surface area contributed by atoms with E-state index in [0.29, 0.717) is 12.1 Å². The first-order chi connectivity index (χ1) is 11.8. The number of nitrogens with zero attached hydrogens (tertiary/aromatic N) is 4. The average Bonchev–Trinajstić information content (AvgIpc) is 2.69. The van der Waals surface area contributed by atoms with Gasteiger partial charge in [0.15, 0.2) is 11.0 Å². The molecule has 1 aliphatic rings. The summed E-state index contributed by atoms with van der Waals surface area (Å²) >= 11 is 11.8. The predicted octanol–water partition coefficient (Wildman–Crippen LogP) is 2.42. The van der Waals surface area contributed by atoms with Crippen molar-refractivity contribution in [1.29, 1.82) is 0 Å². The van der Waals surface area contributed by atoms with Gasteiger partial charge in [-0.2, -0.15) is 4.98 Å². The predicted molar refractivity (Wildman–Crippen MR) is 91.2 cm³/mol. The van der Waals surface area contributed by atoms with Crippen molar-refractivity contribution in [2.24, 2.45) is 0 Å². The number of hydrogen-bond donors (Lipinski definition) is 2. The van der Waals surface area contributed by atoms with E-state index in [9.17, 15) is 14.6 Å². The lowest BCUT2D eigenvalue weighted by Crippen LogP contribution is -2.54. The maximum absolute atomic E-state index is 14.4. The second-order valence-corrected chi connectivity index (χ2v) is 6.57. The molecule has 7 nitrogen and oxygen atoms in total. The van der Waals surface area contributed by atoms with Gasteiger partial charge < -0.3 is 14.9 Å². The molecule has 2 aromatic heterocycles. The van der Waals surface area contributed by atoms with Crippen LogP contribution in [0.15, 0.2) is 0 Å². The lowest BCUT2D eigenvalue weighted by atomic mass is 10.1. The Labute approximate surface area is 153 Å². The smallest absolute Gasteiger partial charge is 0.250 e. The average molecular weight is 391 g/mol. The molecular formula is C15H17Cl2FN4O3. The van der Waals surface area contributed by atoms with Gasteiger partial charge in [0.25, 0.3) is 0 Å². The van der Waals surface area contributed by atoms with Crippen LogP contribution >= 0.6 is 23.2 Å². The number of rotatable bonds is 2. The Bertz CT molecular complexity index is 821. The lowest BCUT2D eigenvalue weighted by molar-refractivity contribution is -0.168. The van der Waals surface area contributed by atoms with Crippen LogP contribution in [-0.4, -0.2) is 50.3 Å². The number of aromatic nitrogens is 3. The zero-order valence-electron chi connectivity index (χ0n) is 13.6. The van der Waals surface area contributed by atoms with Crippen molar-refractivity contribution in [3.63, 3.8) is 0 Å². The first-order valence-corrected chi connectivity index (χ1v) is 8.52. The number of pyridine rings is 1. The molecule has 0 radical (unpaired) electrons. The molecular weight excluding hydrogens is 374 g/mol. The molecule has 1 fully saturated rings. The van der Waals surface area contributed by atoms with Crippen LogP contribution in [0, 0.1) is 12.7 Å². The van der Waals surface area contributed by atoms with Crippen molar-refractivity contribution in [2.75, 3.05) is 18.1 Å². The fourth-order valence-electron chi connectivity index (χ4n) is 3.00. The third-order valence-electron chi connectivity index (χ3n) is 4.22. The third-order valence-corrected chi connectivity index (χ3v) is 4.64. The molecule has 1 aliphatic heterocycles. The topological polar surface area (TPSA) is 91.6 Å². The molecule has 0 aliphatic carbocycles. The summed E-state index contributed by atoms with van der Waals surface area (Å²) in [4.78, 5) is 13.3. The number of halogens is 3. The number of aliphatic hydroxyl groups is 2. The van der Waals surface area contributed by atoms with E-state index in [1.54, 1.807) is 6.92 Å². The molecule has 3 rings (SSSR count). The summed E-state index contributed by atoms with van der Waals surface area (Å²) in [7, 11) is 0. The summed E-state index contributed by atoms with van der Waals surface area (Å²) in [6.45, 7) is 3.90. The Morgan fingerprint density at radius 3 is 2.72 bits per heavy atom. The van der Waals surface area contributed by atoms with Crippen LogP contribution in [0.1, 0.15) is 25.5 Å². The molecule has 1 saturated heterocycles. The van der Waals surface area contributed by atoms with Crippen LogP contribution in [0.25, 0.3) is 10.9 Å². The van der Waals surface area contributed by atoms with Gasteiger partial charge in [0.05, 0.1) is 30.3 Å². The molecule has 136 valence electrons. The fourth-order valence-corrected chi connectivity index (χ4v) is 3.38. The van der Waals surface area contributed by atoms with Gasteiger partial charge in [0.2, 0.25) is 11.2 Å². The molecule has 10 heteroatoms. The molecule has 0 bridgehead atoms. The number of aryl methyl sites for hydroxylation is 1. The second kappa shape index (κ2) is 6.77. The van der Waals surface area contributed by atoms with E-state index < -0.39 is 17.8 Å². The number of anilines is 1. The van der Waals surface area contributed by atoms with Crippen LogP contribution in [0.4, 0.5) is 10.2 Å². The summed E-state index contributed by atoms with van der Waals surface area (Å²) in [6.07, 6.45) is 0.462. The summed E-state index contributed by atoms with van der Waals surface area (Å²) in [5, 5.41) is 20.8. The quantitative estimate of drug-likeness (QED) is 0.462. The SMILES string of the molecule is CCC1COCCC(O)(O)N1c1nc(Cl)nc2c(F)c(Cl)nc(C)c12. The minimum Gasteiger partial charge on any atom is -0.379 e. The van der Waals surface area contributed by atoms with Crippen molar-refractivity contribution >= 4 is 39.9 Å². The van der Waals surface area contributed by atoms with E-state index in [0.717, 1.165) is 0 Å². The van der Waals surface area contributed by atoms with Crippen molar-refractivity contribution in [3.05, 3.63) is 21.9 Å². The normalized spacial score (nSPS) is 20.8. The van der Waals surface area contributed by atoms with Crippen LogP contribution in [0.3, 0.4) is 0 Å². The molecule has 2 aromatic rings. The maximum Gasteiger partial charge on any atom is 0.250 e. The van der Waals surface area contributed by atoms with Crippen LogP contribution in [-0.2, 0) is 4.74 Å². The molecule has 1 unspecified atom stereocenters. The van der Waals surface area contributed by atoms with E-state index in [1.807, 2.05) is 6.92 Å². The molecule has 3 heterocycles. The van der Waals surface area contributed by atoms with Gasteiger partial charge in [0.1, 0.15) is 11.3 Å². The Balaban J connectivity index is 2.34. The second-order valence-electron chi connectivity index (χ2n) is 5.87. The Hall–Kier alpha value is -1.32. The minimum absolute atomic E-state index is 0.0742. The van der Waals surface area contributed by atoms with Crippen LogP contribution in [0.5, 0.6) is 0 Å². The van der Waals surface area contributed by atoms with Crippen LogP contribution in [0.2, 0.25) is 10.4 Å². The Morgan fingerprint density at radius 1 is 1.32 bits per heavy atom. The lowest BCUT2D eigenvalue weighted by Gasteiger charge is -2.39. The first kappa shape index (κ1) is 18.5. The summed E-state index contributed by atoms with van der Waals surface area (Å²) < 4.78 is 19.9. The highest BCUT2D eigenvalue weighted by Crippen LogP contribution is 2.37. The number of ether oxygens (including phenoxy) is 1. The van der Waals surface area contributed by atoms with Gasteiger partial charge in [-0.1, -0.05) is 18.5 Å². The largest absolute Gasteiger partial charge is 0.379 e. The van der Waals surface area contributed by atoms with E-state index in [4.69, 9.17) is 27.9 Å². The summed E-state index contributed by atoms with van der Waals surface area (Å²) in [6, 6.07) is -0.412. The zero-order chi connectivity index (χ0) is 18.4. The first-order valence-electron chi connectivity index (χ1n) is 7.77.